The maximum absolute atomic E-state index is 12.8. The first-order valence-corrected chi connectivity index (χ1v) is 6.90. The van der Waals surface area contributed by atoms with Gasteiger partial charge in [-0.25, -0.2) is 4.98 Å². The lowest BCUT2D eigenvalue weighted by Gasteiger charge is -2.22. The minimum absolute atomic E-state index is 0. The highest BCUT2D eigenvalue weighted by molar-refractivity contribution is 5.86. The van der Waals surface area contributed by atoms with Gasteiger partial charge in [0.2, 0.25) is 5.91 Å². The van der Waals surface area contributed by atoms with Crippen LogP contribution in [0.5, 0.6) is 0 Å². The number of H-pyrrole nitrogens is 1. The van der Waals surface area contributed by atoms with Gasteiger partial charge in [0.1, 0.15) is 17.6 Å². The molecule has 3 N–H and O–H groups in total. The Balaban J connectivity index is 0.00000121. The number of amides is 1. The van der Waals surface area contributed by atoms with Gasteiger partial charge in [0.15, 0.2) is 0 Å². The molecular weight excluding hydrogens is 323 g/mol. The van der Waals surface area contributed by atoms with E-state index in [9.17, 15) is 4.79 Å². The second-order valence-corrected chi connectivity index (χ2v) is 5.10. The third kappa shape index (κ3) is 3.72. The van der Waals surface area contributed by atoms with Gasteiger partial charge >= 0.3 is 0 Å². The van der Waals surface area contributed by atoms with E-state index in [2.05, 4.69) is 9.97 Å². The number of nitrogens with two attached hydrogens (primary N) is 1. The predicted octanol–water partition coefficient (Wildman–Crippen LogP) is 2.59. The van der Waals surface area contributed by atoms with Crippen LogP contribution < -0.4 is 5.73 Å². The molecule has 0 saturated carbocycles. The zero-order chi connectivity index (χ0) is 13.9. The smallest absolute Gasteiger partial charge is 0.237 e. The number of anilines is 1. The molecule has 0 aliphatic carbocycles. The Morgan fingerprint density at radius 2 is 1.82 bits per heavy atom. The molecule has 22 heavy (non-hydrogen) atoms. The molecule has 0 spiro atoms. The lowest BCUT2D eigenvalue weighted by Crippen LogP contribution is -2.33. The lowest BCUT2D eigenvalue weighted by molar-refractivity contribution is -0.130. The Labute approximate surface area is 142 Å². The first kappa shape index (κ1) is 18.3. The van der Waals surface area contributed by atoms with Crippen molar-refractivity contribution in [1.82, 2.24) is 14.9 Å². The van der Waals surface area contributed by atoms with Gasteiger partial charge in [-0.15, -0.1) is 24.8 Å². The number of imidazole rings is 1. The summed E-state index contributed by atoms with van der Waals surface area (Å²) >= 11 is 0. The third-order valence-corrected chi connectivity index (χ3v) is 3.69. The van der Waals surface area contributed by atoms with Crippen molar-refractivity contribution >= 4 is 36.5 Å². The second kappa shape index (κ2) is 8.06. The number of carbonyl (C=O) groups excluding carboxylic acids is 1. The van der Waals surface area contributed by atoms with Gasteiger partial charge in [-0.05, 0) is 18.4 Å². The summed E-state index contributed by atoms with van der Waals surface area (Å²) in [7, 11) is 0. The van der Waals surface area contributed by atoms with Crippen molar-refractivity contribution < 1.29 is 4.79 Å². The van der Waals surface area contributed by atoms with E-state index in [0.717, 1.165) is 31.5 Å². The molecule has 1 aromatic carbocycles. The van der Waals surface area contributed by atoms with Crippen LogP contribution in [0.3, 0.4) is 0 Å². The average molecular weight is 343 g/mol. The molecule has 5 nitrogen and oxygen atoms in total. The van der Waals surface area contributed by atoms with Gasteiger partial charge in [-0.3, -0.25) is 4.79 Å². The van der Waals surface area contributed by atoms with E-state index in [-0.39, 0.29) is 30.7 Å². The van der Waals surface area contributed by atoms with E-state index in [4.69, 9.17) is 5.73 Å². The van der Waals surface area contributed by atoms with E-state index in [0.29, 0.717) is 11.6 Å². The van der Waals surface area contributed by atoms with Crippen molar-refractivity contribution in [3.8, 4) is 0 Å². The molecule has 1 aliphatic heterocycles. The molecule has 3 rings (SSSR count). The topological polar surface area (TPSA) is 75.0 Å². The van der Waals surface area contributed by atoms with Crippen molar-refractivity contribution in [2.24, 2.45) is 0 Å². The monoisotopic (exact) mass is 342 g/mol. The van der Waals surface area contributed by atoms with Crippen molar-refractivity contribution in [2.75, 3.05) is 18.8 Å². The highest BCUT2D eigenvalue weighted by atomic mass is 35.5. The Morgan fingerprint density at radius 3 is 2.36 bits per heavy atom. The molecular formula is C15H20Cl2N4O. The number of hydrogen-bond acceptors (Lipinski definition) is 3. The summed E-state index contributed by atoms with van der Waals surface area (Å²) in [6, 6.07) is 9.73. The Kier molecular flexibility index (Phi) is 6.71. The van der Waals surface area contributed by atoms with E-state index in [1.807, 2.05) is 35.2 Å². The Morgan fingerprint density at radius 1 is 1.18 bits per heavy atom. The van der Waals surface area contributed by atoms with Gasteiger partial charge in [-0.2, -0.15) is 0 Å². The standard InChI is InChI=1S/C15H18N4O.2ClH/c16-12-10-17-14(18-12)13(11-6-2-1-3-7-11)15(20)19-8-4-5-9-19;;/h1-3,6-7,10,13H,4-5,8-9,16H2,(H,17,18);2*1H. The summed E-state index contributed by atoms with van der Waals surface area (Å²) in [6.07, 6.45) is 3.71. The number of halogens is 2. The predicted molar refractivity (Wildman–Crippen MR) is 91.6 cm³/mol. The molecule has 120 valence electrons. The molecule has 2 aromatic rings. The van der Waals surface area contributed by atoms with E-state index >= 15 is 0 Å². The zero-order valence-corrected chi connectivity index (χ0v) is 13.7. The molecule has 2 heterocycles. The van der Waals surface area contributed by atoms with Gasteiger partial charge < -0.3 is 15.6 Å². The fourth-order valence-corrected chi connectivity index (χ4v) is 2.68. The van der Waals surface area contributed by atoms with Crippen molar-refractivity contribution in [1.29, 1.82) is 0 Å². The number of rotatable bonds is 3. The van der Waals surface area contributed by atoms with Crippen molar-refractivity contribution in [2.45, 2.75) is 18.8 Å². The maximum atomic E-state index is 12.8. The number of hydrogen-bond donors (Lipinski definition) is 2. The van der Waals surface area contributed by atoms with Gasteiger partial charge in [-0.1, -0.05) is 30.3 Å². The van der Waals surface area contributed by atoms with Crippen LogP contribution in [0.15, 0.2) is 36.5 Å². The summed E-state index contributed by atoms with van der Waals surface area (Å²) in [5, 5.41) is 0. The number of likely N-dealkylation sites (tertiary alicyclic amines) is 1. The van der Waals surface area contributed by atoms with Gasteiger partial charge in [0.25, 0.3) is 0 Å². The van der Waals surface area contributed by atoms with Crippen LogP contribution in [0, 0.1) is 0 Å². The molecule has 1 aromatic heterocycles. The molecule has 1 unspecified atom stereocenters. The van der Waals surface area contributed by atoms with Crippen LogP contribution in [-0.2, 0) is 4.79 Å². The van der Waals surface area contributed by atoms with Crippen LogP contribution in [0.2, 0.25) is 0 Å². The third-order valence-electron chi connectivity index (χ3n) is 3.69. The number of carbonyl (C=O) groups is 1. The fourth-order valence-electron chi connectivity index (χ4n) is 2.68. The molecule has 7 heteroatoms. The van der Waals surface area contributed by atoms with Gasteiger partial charge in [0, 0.05) is 13.1 Å². The highest BCUT2D eigenvalue weighted by Gasteiger charge is 2.30. The summed E-state index contributed by atoms with van der Waals surface area (Å²) in [6.45, 7) is 1.66. The highest BCUT2D eigenvalue weighted by Crippen LogP contribution is 2.26. The number of nitrogens with one attached hydrogen (secondary N) is 1. The molecule has 1 fully saturated rings. The molecule has 0 bridgehead atoms. The van der Waals surface area contributed by atoms with Crippen LogP contribution in [-0.4, -0.2) is 33.9 Å². The van der Waals surface area contributed by atoms with Crippen molar-refractivity contribution in [3.63, 3.8) is 0 Å². The van der Waals surface area contributed by atoms with Crippen LogP contribution in [0.25, 0.3) is 0 Å². The number of aromatic amines is 1. The van der Waals surface area contributed by atoms with Crippen molar-refractivity contribution in [3.05, 3.63) is 47.9 Å². The molecule has 0 radical (unpaired) electrons. The SMILES string of the molecule is Cl.Cl.Nc1cnc(C(C(=O)N2CCCC2)c2ccccc2)[nH]1. The molecule has 1 saturated heterocycles. The normalized spacial score (nSPS) is 14.8. The summed E-state index contributed by atoms with van der Waals surface area (Å²) in [5.41, 5.74) is 6.65. The first-order chi connectivity index (χ1) is 9.75. The molecule has 1 amide bonds. The number of nitrogens with zero attached hydrogens (tertiary/aromatic N) is 2. The van der Waals surface area contributed by atoms with E-state index in [1.54, 1.807) is 6.20 Å². The summed E-state index contributed by atoms with van der Waals surface area (Å²) in [4.78, 5) is 21.9. The summed E-state index contributed by atoms with van der Waals surface area (Å²) in [5.74, 6) is 0.801. The number of benzene rings is 1. The maximum Gasteiger partial charge on any atom is 0.237 e. The molecule has 1 atom stereocenters. The lowest BCUT2D eigenvalue weighted by atomic mass is 9.97. The largest absolute Gasteiger partial charge is 0.384 e. The number of nitrogen functional groups attached to an aromatic ring is 1. The fraction of sp³-hybridized carbons (Fsp3) is 0.333. The minimum Gasteiger partial charge on any atom is -0.384 e. The van der Waals surface area contributed by atoms with Crippen LogP contribution in [0.1, 0.15) is 30.1 Å². The average Bonchev–Trinajstić information content (AvgIpc) is 3.12. The Hall–Kier alpha value is -1.72. The Bertz CT molecular complexity index is 597. The zero-order valence-electron chi connectivity index (χ0n) is 12.1. The molecule has 1 aliphatic rings. The van der Waals surface area contributed by atoms with Gasteiger partial charge in [0.05, 0.1) is 6.20 Å². The van der Waals surface area contributed by atoms with Crippen LogP contribution in [0.4, 0.5) is 5.82 Å². The van der Waals surface area contributed by atoms with E-state index < -0.39 is 5.92 Å². The quantitative estimate of drug-likeness (QED) is 0.900. The summed E-state index contributed by atoms with van der Waals surface area (Å²) < 4.78 is 0. The second-order valence-electron chi connectivity index (χ2n) is 5.10. The number of aromatic nitrogens is 2. The van der Waals surface area contributed by atoms with E-state index in [1.165, 1.54) is 0 Å². The first-order valence-electron chi connectivity index (χ1n) is 6.90. The minimum atomic E-state index is -0.397. The van der Waals surface area contributed by atoms with Crippen LogP contribution >= 0.6 is 24.8 Å².